The zero-order valence-electron chi connectivity index (χ0n) is 13.8. The zero-order valence-corrected chi connectivity index (χ0v) is 13.8. The molecule has 0 aromatic heterocycles. The van der Waals surface area contributed by atoms with Crippen LogP contribution in [-0.4, -0.2) is 0 Å². The molecular formula is C22H21F. The maximum atomic E-state index is 14.7. The molecule has 0 aliphatic carbocycles. The summed E-state index contributed by atoms with van der Waals surface area (Å²) in [7, 11) is 0. The van der Waals surface area contributed by atoms with Crippen molar-refractivity contribution in [2.24, 2.45) is 0 Å². The minimum Gasteiger partial charge on any atom is -0.207 e. The van der Waals surface area contributed by atoms with E-state index in [1.54, 1.807) is 6.07 Å². The minimum atomic E-state index is -0.278. The van der Waals surface area contributed by atoms with E-state index in [0.717, 1.165) is 27.8 Å². The number of benzene rings is 3. The molecule has 23 heavy (non-hydrogen) atoms. The predicted molar refractivity (Wildman–Crippen MR) is 96.0 cm³/mol. The molecule has 0 N–H and O–H groups in total. The number of hydrogen-bond acceptors (Lipinski definition) is 0. The van der Waals surface area contributed by atoms with E-state index in [9.17, 15) is 4.39 Å². The molecule has 0 amide bonds. The van der Waals surface area contributed by atoms with Crippen LogP contribution < -0.4 is 0 Å². The molecule has 3 rings (SSSR count). The third-order valence-corrected chi connectivity index (χ3v) is 4.05. The van der Waals surface area contributed by atoms with Gasteiger partial charge in [0.15, 0.2) is 0 Å². The van der Waals surface area contributed by atoms with Crippen molar-refractivity contribution in [3.63, 3.8) is 0 Å². The van der Waals surface area contributed by atoms with Gasteiger partial charge >= 0.3 is 0 Å². The first-order valence-corrected chi connectivity index (χ1v) is 7.92. The van der Waals surface area contributed by atoms with E-state index in [1.807, 2.05) is 42.5 Å². The summed E-state index contributed by atoms with van der Waals surface area (Å²) >= 11 is 0. The monoisotopic (exact) mass is 304 g/mol. The van der Waals surface area contributed by atoms with Crippen LogP contribution in [-0.2, 0) is 5.41 Å². The van der Waals surface area contributed by atoms with E-state index in [0.29, 0.717) is 0 Å². The van der Waals surface area contributed by atoms with E-state index < -0.39 is 0 Å². The lowest BCUT2D eigenvalue weighted by atomic mass is 9.78. The van der Waals surface area contributed by atoms with Gasteiger partial charge in [-0.15, -0.1) is 0 Å². The van der Waals surface area contributed by atoms with Crippen molar-refractivity contribution in [2.75, 3.05) is 0 Å². The van der Waals surface area contributed by atoms with Crippen molar-refractivity contribution in [3.05, 3.63) is 84.2 Å². The Balaban J connectivity index is 2.38. The average Bonchev–Trinajstić information content (AvgIpc) is 2.55. The molecule has 3 aromatic rings. The van der Waals surface area contributed by atoms with Crippen molar-refractivity contribution in [2.45, 2.75) is 26.2 Å². The standard InChI is InChI=1S/C22H21F/c1-22(2,3)21-19(23)15-14-18(16-10-6-4-7-11-16)20(21)17-12-8-5-9-13-17/h4-15H,1-3H3. The molecule has 0 nitrogen and oxygen atoms in total. The maximum absolute atomic E-state index is 14.7. The van der Waals surface area contributed by atoms with E-state index in [4.69, 9.17) is 0 Å². The Morgan fingerprint density at radius 2 is 1.17 bits per heavy atom. The Kier molecular flexibility index (Phi) is 4.04. The molecule has 116 valence electrons. The molecule has 0 unspecified atom stereocenters. The van der Waals surface area contributed by atoms with E-state index in [-0.39, 0.29) is 11.2 Å². The van der Waals surface area contributed by atoms with Crippen LogP contribution in [0.2, 0.25) is 0 Å². The Morgan fingerprint density at radius 1 is 0.652 bits per heavy atom. The topological polar surface area (TPSA) is 0 Å². The van der Waals surface area contributed by atoms with Crippen molar-refractivity contribution in [1.82, 2.24) is 0 Å². The SMILES string of the molecule is CC(C)(C)c1c(F)ccc(-c2ccccc2)c1-c1ccccc1. The lowest BCUT2D eigenvalue weighted by Gasteiger charge is -2.26. The summed E-state index contributed by atoms with van der Waals surface area (Å²) in [5, 5.41) is 0. The highest BCUT2D eigenvalue weighted by atomic mass is 19.1. The summed E-state index contributed by atoms with van der Waals surface area (Å²) in [6.45, 7) is 6.19. The van der Waals surface area contributed by atoms with Gasteiger partial charge in [0.25, 0.3) is 0 Å². The van der Waals surface area contributed by atoms with Gasteiger partial charge in [-0.05, 0) is 33.7 Å². The minimum absolute atomic E-state index is 0.143. The van der Waals surface area contributed by atoms with Gasteiger partial charge in [-0.3, -0.25) is 0 Å². The molecule has 0 saturated carbocycles. The second-order valence-electron chi connectivity index (χ2n) is 6.83. The highest BCUT2D eigenvalue weighted by Crippen LogP contribution is 2.41. The maximum Gasteiger partial charge on any atom is 0.127 e. The first-order valence-electron chi connectivity index (χ1n) is 7.92. The van der Waals surface area contributed by atoms with Gasteiger partial charge in [-0.25, -0.2) is 4.39 Å². The lowest BCUT2D eigenvalue weighted by Crippen LogP contribution is -2.16. The fourth-order valence-corrected chi connectivity index (χ4v) is 3.07. The van der Waals surface area contributed by atoms with Crippen molar-refractivity contribution in [3.8, 4) is 22.3 Å². The summed E-state index contributed by atoms with van der Waals surface area (Å²) in [6, 6.07) is 23.8. The molecule has 1 heteroatoms. The van der Waals surface area contributed by atoms with Gasteiger partial charge in [0.1, 0.15) is 5.82 Å². The third-order valence-electron chi connectivity index (χ3n) is 4.05. The zero-order chi connectivity index (χ0) is 16.4. The molecule has 0 heterocycles. The predicted octanol–water partition coefficient (Wildman–Crippen LogP) is 6.46. The van der Waals surface area contributed by atoms with Gasteiger partial charge in [0.2, 0.25) is 0 Å². The van der Waals surface area contributed by atoms with Crippen molar-refractivity contribution in [1.29, 1.82) is 0 Å². The van der Waals surface area contributed by atoms with Crippen molar-refractivity contribution >= 4 is 0 Å². The van der Waals surface area contributed by atoms with Crippen LogP contribution in [0.1, 0.15) is 26.3 Å². The molecule has 0 aliphatic heterocycles. The first-order chi connectivity index (χ1) is 11.0. The van der Waals surface area contributed by atoms with E-state index in [1.165, 1.54) is 0 Å². The Morgan fingerprint density at radius 3 is 1.70 bits per heavy atom. The summed E-state index contributed by atoms with van der Waals surface area (Å²) in [6.07, 6.45) is 0. The highest BCUT2D eigenvalue weighted by Gasteiger charge is 2.25. The van der Waals surface area contributed by atoms with E-state index >= 15 is 0 Å². The molecule has 0 spiro atoms. The molecule has 0 fully saturated rings. The van der Waals surface area contributed by atoms with Crippen LogP contribution in [0, 0.1) is 5.82 Å². The van der Waals surface area contributed by atoms with Crippen LogP contribution in [0.25, 0.3) is 22.3 Å². The fourth-order valence-electron chi connectivity index (χ4n) is 3.07. The number of rotatable bonds is 2. The summed E-state index contributed by atoms with van der Waals surface area (Å²) in [4.78, 5) is 0. The van der Waals surface area contributed by atoms with Crippen LogP contribution in [0.5, 0.6) is 0 Å². The molecule has 3 aromatic carbocycles. The lowest BCUT2D eigenvalue weighted by molar-refractivity contribution is 0.525. The fraction of sp³-hybridized carbons (Fsp3) is 0.182. The van der Waals surface area contributed by atoms with Crippen LogP contribution >= 0.6 is 0 Å². The summed E-state index contributed by atoms with van der Waals surface area (Å²) in [5.74, 6) is -0.143. The Labute approximate surface area is 137 Å². The third kappa shape index (κ3) is 3.05. The largest absolute Gasteiger partial charge is 0.207 e. The van der Waals surface area contributed by atoms with Gasteiger partial charge in [0, 0.05) is 5.56 Å². The van der Waals surface area contributed by atoms with Gasteiger partial charge in [-0.1, -0.05) is 87.5 Å². The van der Waals surface area contributed by atoms with E-state index in [2.05, 4.69) is 45.0 Å². The smallest absolute Gasteiger partial charge is 0.127 e. The Bertz CT molecular complexity index is 797. The quantitative estimate of drug-likeness (QED) is 0.510. The molecule has 0 atom stereocenters. The Hall–Kier alpha value is -2.41. The second kappa shape index (κ2) is 6.00. The molecule has 0 saturated heterocycles. The van der Waals surface area contributed by atoms with Crippen molar-refractivity contribution < 1.29 is 4.39 Å². The second-order valence-corrected chi connectivity index (χ2v) is 6.83. The number of hydrogen-bond donors (Lipinski definition) is 0. The van der Waals surface area contributed by atoms with Gasteiger partial charge in [-0.2, -0.15) is 0 Å². The highest BCUT2D eigenvalue weighted by molar-refractivity contribution is 5.86. The average molecular weight is 304 g/mol. The van der Waals surface area contributed by atoms with Gasteiger partial charge < -0.3 is 0 Å². The molecule has 0 radical (unpaired) electrons. The van der Waals surface area contributed by atoms with Crippen LogP contribution in [0.4, 0.5) is 4.39 Å². The first kappa shape index (κ1) is 15.5. The van der Waals surface area contributed by atoms with Gasteiger partial charge in [0.05, 0.1) is 0 Å². The molecular weight excluding hydrogens is 283 g/mol. The van der Waals surface area contributed by atoms with Crippen LogP contribution in [0.15, 0.2) is 72.8 Å². The summed E-state index contributed by atoms with van der Waals surface area (Å²) in [5.41, 5.74) is 4.71. The number of halogens is 1. The summed E-state index contributed by atoms with van der Waals surface area (Å²) < 4.78 is 14.7. The normalized spacial score (nSPS) is 11.5. The van der Waals surface area contributed by atoms with Crippen LogP contribution in [0.3, 0.4) is 0 Å². The molecule has 0 aliphatic rings. The molecule has 0 bridgehead atoms.